The van der Waals surface area contributed by atoms with Crippen molar-refractivity contribution < 1.29 is 9.47 Å². The van der Waals surface area contributed by atoms with Gasteiger partial charge in [-0.25, -0.2) is 0 Å². The minimum atomic E-state index is 0.315. The summed E-state index contributed by atoms with van der Waals surface area (Å²) in [7, 11) is 0. The fraction of sp³-hybridized carbons (Fsp3) is 0.600. The molecule has 2 atom stereocenters. The summed E-state index contributed by atoms with van der Waals surface area (Å²) in [4.78, 5) is 0. The smallest absolute Gasteiger partial charge is 0.161 e. The van der Waals surface area contributed by atoms with Gasteiger partial charge in [0.05, 0.1) is 6.61 Å². The zero-order chi connectivity index (χ0) is 12.8. The van der Waals surface area contributed by atoms with Gasteiger partial charge in [0.25, 0.3) is 0 Å². The van der Waals surface area contributed by atoms with Gasteiger partial charge in [0, 0.05) is 6.04 Å². The number of hydrogen-bond donors (Lipinski definition) is 1. The van der Waals surface area contributed by atoms with Crippen LogP contribution in [0, 0.1) is 0 Å². The molecule has 1 aliphatic rings. The second-order valence-electron chi connectivity index (χ2n) is 4.69. The molecule has 1 N–H and O–H groups in total. The maximum absolute atomic E-state index is 6.07. The quantitative estimate of drug-likeness (QED) is 0.840. The first-order valence-corrected chi connectivity index (χ1v) is 6.95. The summed E-state index contributed by atoms with van der Waals surface area (Å²) in [5.74, 6) is 1.73. The van der Waals surface area contributed by atoms with Gasteiger partial charge in [-0.15, -0.1) is 0 Å². The van der Waals surface area contributed by atoms with Crippen LogP contribution >= 0.6 is 0 Å². The third-order valence-electron chi connectivity index (χ3n) is 3.32. The number of benzene rings is 1. The number of para-hydroxylation sites is 2. The minimum Gasteiger partial charge on any atom is -0.490 e. The Labute approximate surface area is 109 Å². The molecular formula is C15H23NO2. The molecule has 0 aliphatic heterocycles. The molecule has 2 rings (SSSR count). The third kappa shape index (κ3) is 3.39. The zero-order valence-corrected chi connectivity index (χ0v) is 11.3. The molecule has 3 heteroatoms. The molecule has 0 radical (unpaired) electrons. The molecule has 100 valence electrons. The van der Waals surface area contributed by atoms with Gasteiger partial charge < -0.3 is 14.8 Å². The van der Waals surface area contributed by atoms with E-state index in [9.17, 15) is 0 Å². The lowest BCUT2D eigenvalue weighted by atomic mass is 10.2. The first-order valence-electron chi connectivity index (χ1n) is 6.95. The summed E-state index contributed by atoms with van der Waals surface area (Å²) >= 11 is 0. The van der Waals surface area contributed by atoms with E-state index < -0.39 is 0 Å². The van der Waals surface area contributed by atoms with Gasteiger partial charge in [-0.3, -0.25) is 0 Å². The Morgan fingerprint density at radius 1 is 1.17 bits per heavy atom. The number of ether oxygens (including phenoxy) is 2. The molecule has 0 amide bonds. The summed E-state index contributed by atoms with van der Waals surface area (Å²) in [6.07, 6.45) is 3.73. The second kappa shape index (κ2) is 6.64. The van der Waals surface area contributed by atoms with E-state index in [1.54, 1.807) is 0 Å². The Kier molecular flexibility index (Phi) is 4.88. The molecule has 0 heterocycles. The van der Waals surface area contributed by atoms with E-state index in [-0.39, 0.29) is 0 Å². The average Bonchev–Trinajstić information content (AvgIpc) is 2.80. The van der Waals surface area contributed by atoms with Crippen molar-refractivity contribution in [3.05, 3.63) is 24.3 Å². The zero-order valence-electron chi connectivity index (χ0n) is 11.3. The van der Waals surface area contributed by atoms with E-state index in [4.69, 9.17) is 9.47 Å². The van der Waals surface area contributed by atoms with Crippen molar-refractivity contribution in [3.8, 4) is 11.5 Å². The van der Waals surface area contributed by atoms with Crippen LogP contribution in [0.3, 0.4) is 0 Å². The van der Waals surface area contributed by atoms with Crippen LogP contribution in [-0.4, -0.2) is 25.3 Å². The highest BCUT2D eigenvalue weighted by molar-refractivity contribution is 5.39. The summed E-state index contributed by atoms with van der Waals surface area (Å²) < 4.78 is 11.7. The summed E-state index contributed by atoms with van der Waals surface area (Å²) in [5.41, 5.74) is 0. The normalized spacial score (nSPS) is 23.0. The van der Waals surface area contributed by atoms with Gasteiger partial charge in [0.2, 0.25) is 0 Å². The van der Waals surface area contributed by atoms with E-state index in [0.29, 0.717) is 18.8 Å². The van der Waals surface area contributed by atoms with Crippen LogP contribution in [0.4, 0.5) is 0 Å². The van der Waals surface area contributed by atoms with E-state index in [0.717, 1.165) is 30.9 Å². The van der Waals surface area contributed by atoms with Crippen molar-refractivity contribution in [1.82, 2.24) is 5.32 Å². The van der Waals surface area contributed by atoms with Crippen LogP contribution in [0.1, 0.15) is 33.1 Å². The van der Waals surface area contributed by atoms with Crippen LogP contribution in [-0.2, 0) is 0 Å². The van der Waals surface area contributed by atoms with Crippen LogP contribution < -0.4 is 14.8 Å². The molecule has 2 unspecified atom stereocenters. The maximum Gasteiger partial charge on any atom is 0.161 e. The van der Waals surface area contributed by atoms with Gasteiger partial charge >= 0.3 is 0 Å². The predicted molar refractivity (Wildman–Crippen MR) is 73.3 cm³/mol. The number of nitrogens with one attached hydrogen (secondary N) is 1. The molecule has 1 fully saturated rings. The predicted octanol–water partition coefficient (Wildman–Crippen LogP) is 2.99. The first kappa shape index (κ1) is 13.2. The maximum atomic E-state index is 6.07. The molecule has 0 aromatic heterocycles. The van der Waals surface area contributed by atoms with Crippen LogP contribution in [0.5, 0.6) is 11.5 Å². The largest absolute Gasteiger partial charge is 0.490 e. The summed E-state index contributed by atoms with van der Waals surface area (Å²) in [6, 6.07) is 8.54. The molecule has 18 heavy (non-hydrogen) atoms. The highest BCUT2D eigenvalue weighted by Crippen LogP contribution is 2.31. The molecule has 1 aliphatic carbocycles. The Hall–Kier alpha value is -1.22. The topological polar surface area (TPSA) is 30.5 Å². The van der Waals surface area contributed by atoms with Gasteiger partial charge in [-0.2, -0.15) is 0 Å². The number of hydrogen-bond acceptors (Lipinski definition) is 3. The highest BCUT2D eigenvalue weighted by atomic mass is 16.5. The van der Waals surface area contributed by atoms with Gasteiger partial charge in [-0.1, -0.05) is 19.1 Å². The van der Waals surface area contributed by atoms with Crippen molar-refractivity contribution in [2.75, 3.05) is 13.2 Å². The molecule has 1 aromatic rings. The Morgan fingerprint density at radius 2 is 1.94 bits per heavy atom. The molecule has 0 spiro atoms. The molecule has 3 nitrogen and oxygen atoms in total. The fourth-order valence-electron chi connectivity index (χ4n) is 2.52. The lowest BCUT2D eigenvalue weighted by Crippen LogP contribution is -2.27. The van der Waals surface area contributed by atoms with Gasteiger partial charge in [0.1, 0.15) is 6.10 Å². The van der Waals surface area contributed by atoms with E-state index in [1.807, 2.05) is 31.2 Å². The minimum absolute atomic E-state index is 0.315. The SMILES string of the molecule is CCNC1CCC(Oc2ccccc2OCC)C1. The van der Waals surface area contributed by atoms with E-state index in [1.165, 1.54) is 6.42 Å². The van der Waals surface area contributed by atoms with Crippen LogP contribution in [0.25, 0.3) is 0 Å². The van der Waals surface area contributed by atoms with Gasteiger partial charge in [-0.05, 0) is 44.9 Å². The Balaban J connectivity index is 1.93. The van der Waals surface area contributed by atoms with Gasteiger partial charge in [0.15, 0.2) is 11.5 Å². The summed E-state index contributed by atoms with van der Waals surface area (Å²) in [6.45, 7) is 5.85. The first-order chi connectivity index (χ1) is 8.83. The molecule has 0 bridgehead atoms. The van der Waals surface area contributed by atoms with Crippen LogP contribution in [0.2, 0.25) is 0 Å². The number of rotatable bonds is 6. The molecular weight excluding hydrogens is 226 g/mol. The second-order valence-corrected chi connectivity index (χ2v) is 4.69. The van der Waals surface area contributed by atoms with E-state index >= 15 is 0 Å². The third-order valence-corrected chi connectivity index (χ3v) is 3.32. The van der Waals surface area contributed by atoms with Crippen LogP contribution in [0.15, 0.2) is 24.3 Å². The average molecular weight is 249 g/mol. The summed E-state index contributed by atoms with van der Waals surface area (Å²) in [5, 5.41) is 3.49. The van der Waals surface area contributed by atoms with Crippen molar-refractivity contribution >= 4 is 0 Å². The fourth-order valence-corrected chi connectivity index (χ4v) is 2.52. The van der Waals surface area contributed by atoms with Crippen molar-refractivity contribution in [2.24, 2.45) is 0 Å². The lowest BCUT2D eigenvalue weighted by Gasteiger charge is -2.17. The van der Waals surface area contributed by atoms with Crippen molar-refractivity contribution in [2.45, 2.75) is 45.3 Å². The molecule has 1 saturated carbocycles. The molecule has 1 aromatic carbocycles. The van der Waals surface area contributed by atoms with Crippen molar-refractivity contribution in [3.63, 3.8) is 0 Å². The lowest BCUT2D eigenvalue weighted by molar-refractivity contribution is 0.193. The van der Waals surface area contributed by atoms with E-state index in [2.05, 4.69) is 12.2 Å². The molecule has 0 saturated heterocycles. The standard InChI is InChI=1S/C15H23NO2/c1-3-16-12-9-10-13(11-12)18-15-8-6-5-7-14(15)17-4-2/h5-8,12-13,16H,3-4,9-11H2,1-2H3. The Morgan fingerprint density at radius 3 is 2.67 bits per heavy atom. The highest BCUT2D eigenvalue weighted by Gasteiger charge is 2.25. The Bertz CT molecular complexity index is 367. The monoisotopic (exact) mass is 249 g/mol. The van der Waals surface area contributed by atoms with Crippen molar-refractivity contribution in [1.29, 1.82) is 0 Å².